The minimum absolute atomic E-state index is 0.187. The lowest BCUT2D eigenvalue weighted by atomic mass is 9.87. The molecule has 0 aliphatic carbocycles. The van der Waals surface area contributed by atoms with Gasteiger partial charge in [0.2, 0.25) is 0 Å². The van der Waals surface area contributed by atoms with E-state index in [4.69, 9.17) is 16.7 Å². The van der Waals surface area contributed by atoms with Gasteiger partial charge in [0.15, 0.2) is 0 Å². The lowest BCUT2D eigenvalue weighted by Gasteiger charge is -2.31. The van der Waals surface area contributed by atoms with Crippen molar-refractivity contribution in [2.75, 3.05) is 18.5 Å². The Balaban J connectivity index is 0.000000520. The number of aryl methyl sites for hydroxylation is 1. The number of hydrogen-bond acceptors (Lipinski definition) is 3. The number of aliphatic hydroxyl groups excluding tert-OH is 1. The first-order chi connectivity index (χ1) is 15.8. The predicted octanol–water partition coefficient (Wildman–Crippen LogP) is 6.98. The summed E-state index contributed by atoms with van der Waals surface area (Å²) in [6, 6.07) is 8.00. The maximum atomic E-state index is 10.1. The maximum absolute atomic E-state index is 10.1. The van der Waals surface area contributed by atoms with Crippen LogP contribution in [0.1, 0.15) is 43.2 Å². The van der Waals surface area contributed by atoms with Gasteiger partial charge in [-0.15, -0.1) is 12.8 Å². The number of allylic oxidation sites excluding steroid dienone is 1. The van der Waals surface area contributed by atoms with Gasteiger partial charge in [-0.2, -0.15) is 0 Å². The highest BCUT2D eigenvalue weighted by molar-refractivity contribution is 6.30. The van der Waals surface area contributed by atoms with Gasteiger partial charge in [0.05, 0.1) is 22.6 Å². The molecule has 0 saturated carbocycles. The minimum Gasteiger partial charge on any atom is -0.513 e. The Morgan fingerprint density at radius 3 is 2.09 bits per heavy atom. The van der Waals surface area contributed by atoms with Gasteiger partial charge in [-0.05, 0) is 81.5 Å². The molecule has 0 amide bonds. The van der Waals surface area contributed by atoms with Gasteiger partial charge in [-0.3, -0.25) is 0 Å². The summed E-state index contributed by atoms with van der Waals surface area (Å²) in [4.78, 5) is 2.34. The smallest absolute Gasteiger partial charge is 0.0895 e. The lowest BCUT2D eigenvalue weighted by molar-refractivity contribution is 0.102. The summed E-state index contributed by atoms with van der Waals surface area (Å²) in [7, 11) is 2.16. The van der Waals surface area contributed by atoms with Crippen LogP contribution in [0.15, 0.2) is 36.6 Å². The zero-order chi connectivity index (χ0) is 26.0. The van der Waals surface area contributed by atoms with Crippen LogP contribution in [0.4, 0.5) is 5.69 Å². The highest BCUT2D eigenvalue weighted by Gasteiger charge is 2.28. The van der Waals surface area contributed by atoms with Crippen molar-refractivity contribution in [1.29, 1.82) is 0 Å². The van der Waals surface area contributed by atoms with Gasteiger partial charge in [-0.25, -0.2) is 0 Å². The molecule has 1 aromatic heterocycles. The summed E-state index contributed by atoms with van der Waals surface area (Å²) >= 11 is 6.14. The van der Waals surface area contributed by atoms with Crippen LogP contribution in [0.2, 0.25) is 5.02 Å². The molecule has 34 heavy (non-hydrogen) atoms. The van der Waals surface area contributed by atoms with E-state index in [2.05, 4.69) is 68.8 Å². The highest BCUT2D eigenvalue weighted by atomic mass is 35.5. The number of aromatic nitrogens is 1. The van der Waals surface area contributed by atoms with Crippen molar-refractivity contribution in [2.24, 2.45) is 0 Å². The lowest BCUT2D eigenvalue weighted by Crippen LogP contribution is -2.29. The van der Waals surface area contributed by atoms with Crippen LogP contribution in [0, 0.1) is 33.6 Å². The van der Waals surface area contributed by atoms with E-state index < -0.39 is 5.60 Å². The van der Waals surface area contributed by atoms with E-state index in [9.17, 15) is 5.11 Å². The van der Waals surface area contributed by atoms with Crippen LogP contribution < -0.4 is 4.90 Å². The van der Waals surface area contributed by atoms with E-state index in [-0.39, 0.29) is 5.76 Å². The third-order valence-corrected chi connectivity index (χ3v) is 6.22. The van der Waals surface area contributed by atoms with Crippen LogP contribution in [-0.4, -0.2) is 34.0 Å². The maximum Gasteiger partial charge on any atom is 0.0895 e. The Kier molecular flexibility index (Phi) is 8.53. The third-order valence-electron chi connectivity index (χ3n) is 5.97. The molecule has 4 nitrogen and oxygen atoms in total. The Morgan fingerprint density at radius 1 is 1.06 bits per heavy atom. The van der Waals surface area contributed by atoms with Crippen molar-refractivity contribution in [3.63, 3.8) is 0 Å². The Hall–Kier alpha value is -2.87. The Morgan fingerprint density at radius 2 is 1.59 bits per heavy atom. The van der Waals surface area contributed by atoms with Crippen LogP contribution in [0.3, 0.4) is 0 Å². The molecule has 0 atom stereocenters. The molecule has 2 aromatic carbocycles. The quantitative estimate of drug-likeness (QED) is 0.314. The van der Waals surface area contributed by atoms with Gasteiger partial charge in [0.25, 0.3) is 0 Å². The fraction of sp³-hybridized carbons (Fsp3) is 0.379. The van der Waals surface area contributed by atoms with Crippen molar-refractivity contribution in [1.82, 2.24) is 4.57 Å². The first kappa shape index (κ1) is 27.4. The second-order valence-electron chi connectivity index (χ2n) is 9.76. The number of nitrogens with zero attached hydrogens (tertiary/aromatic N) is 2. The number of hydrogen-bond donors (Lipinski definition) is 2. The molecule has 0 radical (unpaired) electrons. The van der Waals surface area contributed by atoms with E-state index in [1.165, 1.54) is 39.0 Å². The van der Waals surface area contributed by atoms with E-state index in [0.717, 1.165) is 29.2 Å². The molecule has 5 heteroatoms. The molecular formula is C29H37ClN2O2. The van der Waals surface area contributed by atoms with E-state index in [1.54, 1.807) is 20.8 Å². The average molecular weight is 481 g/mol. The summed E-state index contributed by atoms with van der Waals surface area (Å²) in [6.45, 7) is 17.5. The number of likely N-dealkylation sites (N-methyl/N-ethyl adjacent to an activating group) is 1. The number of anilines is 1. The van der Waals surface area contributed by atoms with Crippen molar-refractivity contribution < 1.29 is 10.2 Å². The van der Waals surface area contributed by atoms with Gasteiger partial charge in [-0.1, -0.05) is 30.3 Å². The van der Waals surface area contributed by atoms with Gasteiger partial charge >= 0.3 is 0 Å². The molecular weight excluding hydrogens is 444 g/mol. The largest absolute Gasteiger partial charge is 0.513 e. The highest BCUT2D eigenvalue weighted by Crippen LogP contribution is 2.46. The molecule has 182 valence electrons. The molecule has 1 aliphatic heterocycles. The number of rotatable bonds is 3. The van der Waals surface area contributed by atoms with Crippen LogP contribution in [-0.2, 0) is 13.0 Å². The molecule has 0 spiro atoms. The number of terminal acetylenes is 1. The summed E-state index contributed by atoms with van der Waals surface area (Å²) in [5.41, 5.74) is 9.34. The monoisotopic (exact) mass is 480 g/mol. The molecule has 0 bridgehead atoms. The van der Waals surface area contributed by atoms with Crippen molar-refractivity contribution in [3.8, 4) is 24.0 Å². The molecule has 0 unspecified atom stereocenters. The standard InChI is InChI=1S/C23H25ClN2O.C4H10O.C2H2/c1-13(27)12-19-15(3)22-23-20(21(19)17-6-8-18(24)9-7-17)14(2)16(4)26(23)11-10-25(22)5;1-4(2,3)5;1-2/h6-9,27H,1,10-12H2,2-5H3;5H,1-3H3;1-2H. The normalized spacial score (nSPS) is 12.5. The second-order valence-corrected chi connectivity index (χ2v) is 10.2. The zero-order valence-corrected chi connectivity index (χ0v) is 22.2. The van der Waals surface area contributed by atoms with Crippen molar-refractivity contribution in [2.45, 2.75) is 60.1 Å². The first-order valence-corrected chi connectivity index (χ1v) is 11.7. The van der Waals surface area contributed by atoms with E-state index in [1.807, 2.05) is 12.1 Å². The summed E-state index contributed by atoms with van der Waals surface area (Å²) in [5, 5.41) is 20.6. The number of benzene rings is 2. The topological polar surface area (TPSA) is 48.6 Å². The van der Waals surface area contributed by atoms with Gasteiger partial charge in [0.1, 0.15) is 0 Å². The molecule has 1 aliphatic rings. The Bertz CT molecular complexity index is 1210. The predicted molar refractivity (Wildman–Crippen MR) is 147 cm³/mol. The molecule has 2 heterocycles. The zero-order valence-electron chi connectivity index (χ0n) is 21.5. The average Bonchev–Trinajstić information content (AvgIpc) is 2.99. The third kappa shape index (κ3) is 5.60. The number of aliphatic hydroxyl groups is 2. The van der Waals surface area contributed by atoms with Crippen LogP contribution in [0.25, 0.3) is 22.0 Å². The SMILES string of the molecule is C#C.C=C(O)Cc1c(C)c2c3c(c(C)c(C)n3CCN2C)c1-c1ccc(Cl)cc1.CC(C)(C)O. The van der Waals surface area contributed by atoms with Crippen LogP contribution >= 0.6 is 11.6 Å². The van der Waals surface area contributed by atoms with Crippen molar-refractivity contribution in [3.05, 3.63) is 64.0 Å². The first-order valence-electron chi connectivity index (χ1n) is 11.4. The Labute approximate surface area is 209 Å². The molecule has 0 saturated heterocycles. The summed E-state index contributed by atoms with van der Waals surface area (Å²) in [6.07, 6.45) is 8.45. The van der Waals surface area contributed by atoms with Gasteiger partial charge < -0.3 is 19.7 Å². The second kappa shape index (κ2) is 10.6. The van der Waals surface area contributed by atoms with Crippen LogP contribution in [0.5, 0.6) is 0 Å². The molecule has 2 N–H and O–H groups in total. The molecule has 0 fully saturated rings. The fourth-order valence-corrected chi connectivity index (χ4v) is 4.67. The van der Waals surface area contributed by atoms with E-state index in [0.29, 0.717) is 6.42 Å². The minimum atomic E-state index is -0.500. The van der Waals surface area contributed by atoms with Crippen molar-refractivity contribution >= 4 is 28.2 Å². The molecule has 3 aromatic rings. The number of halogens is 1. The van der Waals surface area contributed by atoms with E-state index >= 15 is 0 Å². The molecule has 4 rings (SSSR count). The fourth-order valence-electron chi connectivity index (χ4n) is 4.54. The summed E-state index contributed by atoms with van der Waals surface area (Å²) < 4.78 is 2.45. The summed E-state index contributed by atoms with van der Waals surface area (Å²) in [5.74, 6) is 0.187. The van der Waals surface area contributed by atoms with Gasteiger partial charge in [0, 0.05) is 42.7 Å².